The smallest absolute Gasteiger partial charge is 0.237 e. The Morgan fingerprint density at radius 2 is 1.82 bits per heavy atom. The van der Waals surface area contributed by atoms with Gasteiger partial charge in [-0.1, -0.05) is 37.6 Å². The third-order valence-electron chi connectivity index (χ3n) is 4.12. The van der Waals surface area contributed by atoms with E-state index in [1.807, 2.05) is 25.1 Å². The van der Waals surface area contributed by atoms with E-state index < -0.39 is 0 Å². The molecule has 1 aromatic carbocycles. The maximum atomic E-state index is 12.2. The highest BCUT2D eigenvalue weighted by molar-refractivity contribution is 6.33. The molecule has 1 aliphatic heterocycles. The Morgan fingerprint density at radius 1 is 1.18 bits per heavy atom. The lowest BCUT2D eigenvalue weighted by atomic mass is 10.1. The number of halogens is 1. The molecule has 0 radical (unpaired) electrons. The van der Waals surface area contributed by atoms with Gasteiger partial charge in [0, 0.05) is 32.7 Å². The van der Waals surface area contributed by atoms with Crippen LogP contribution in [0.4, 0.5) is 5.69 Å². The first-order valence-electron chi connectivity index (χ1n) is 8.00. The predicted molar refractivity (Wildman–Crippen MR) is 92.5 cm³/mol. The fourth-order valence-corrected chi connectivity index (χ4v) is 2.93. The third-order valence-corrected chi connectivity index (χ3v) is 4.44. The molecule has 122 valence electrons. The van der Waals surface area contributed by atoms with Gasteiger partial charge in [0.1, 0.15) is 0 Å². The van der Waals surface area contributed by atoms with Crippen LogP contribution in [0, 0.1) is 5.92 Å². The van der Waals surface area contributed by atoms with E-state index in [0.717, 1.165) is 43.4 Å². The van der Waals surface area contributed by atoms with Crippen molar-refractivity contribution in [3.63, 3.8) is 0 Å². The highest BCUT2D eigenvalue weighted by Gasteiger charge is 2.26. The number of benzene rings is 1. The number of nitrogens with zero attached hydrogens (tertiary/aromatic N) is 2. The van der Waals surface area contributed by atoms with E-state index >= 15 is 0 Å². The van der Waals surface area contributed by atoms with Crippen molar-refractivity contribution in [1.29, 1.82) is 0 Å². The number of nitrogens with one attached hydrogen (secondary N) is 1. The zero-order chi connectivity index (χ0) is 16.1. The van der Waals surface area contributed by atoms with Crippen LogP contribution < -0.4 is 10.2 Å². The largest absolute Gasteiger partial charge is 0.368 e. The summed E-state index contributed by atoms with van der Waals surface area (Å²) in [6.07, 6.45) is 0. The molecule has 1 aliphatic rings. The van der Waals surface area contributed by atoms with Gasteiger partial charge in [-0.3, -0.25) is 9.69 Å². The van der Waals surface area contributed by atoms with Gasteiger partial charge >= 0.3 is 0 Å². The van der Waals surface area contributed by atoms with Crippen LogP contribution in [0.25, 0.3) is 0 Å². The van der Waals surface area contributed by atoms with Crippen LogP contribution in [0.5, 0.6) is 0 Å². The second-order valence-corrected chi connectivity index (χ2v) is 6.70. The van der Waals surface area contributed by atoms with Gasteiger partial charge in [0.05, 0.1) is 16.8 Å². The summed E-state index contributed by atoms with van der Waals surface area (Å²) < 4.78 is 0. The molecule has 0 bridgehead atoms. The second-order valence-electron chi connectivity index (χ2n) is 6.29. The Kier molecular flexibility index (Phi) is 6.09. The number of amides is 1. The van der Waals surface area contributed by atoms with E-state index in [0.29, 0.717) is 5.92 Å². The number of carbonyl (C=O) groups is 1. The Labute approximate surface area is 138 Å². The predicted octanol–water partition coefficient (Wildman–Crippen LogP) is 2.62. The maximum Gasteiger partial charge on any atom is 0.237 e. The minimum absolute atomic E-state index is 0.0767. The second kappa shape index (κ2) is 7.84. The summed E-state index contributed by atoms with van der Waals surface area (Å²) in [5, 5.41) is 3.81. The molecule has 1 N–H and O–H groups in total. The van der Waals surface area contributed by atoms with Crippen molar-refractivity contribution in [3.8, 4) is 0 Å². The molecule has 5 heteroatoms. The van der Waals surface area contributed by atoms with Crippen LogP contribution in [0.1, 0.15) is 20.8 Å². The lowest BCUT2D eigenvalue weighted by molar-refractivity contribution is -0.126. The zero-order valence-electron chi connectivity index (χ0n) is 13.7. The van der Waals surface area contributed by atoms with Crippen molar-refractivity contribution in [2.75, 3.05) is 37.6 Å². The molecule has 1 heterocycles. The first-order chi connectivity index (χ1) is 10.5. The minimum Gasteiger partial charge on any atom is -0.368 e. The molecule has 0 spiro atoms. The van der Waals surface area contributed by atoms with Gasteiger partial charge in [-0.25, -0.2) is 0 Å². The van der Waals surface area contributed by atoms with Gasteiger partial charge in [0.2, 0.25) is 5.91 Å². The van der Waals surface area contributed by atoms with Crippen molar-refractivity contribution in [3.05, 3.63) is 29.3 Å². The summed E-state index contributed by atoms with van der Waals surface area (Å²) in [6, 6.07) is 7.85. The molecule has 2 rings (SSSR count). The zero-order valence-corrected chi connectivity index (χ0v) is 14.4. The van der Waals surface area contributed by atoms with Crippen LogP contribution in [-0.2, 0) is 4.79 Å². The number of para-hydroxylation sites is 1. The number of piperazine rings is 1. The quantitative estimate of drug-likeness (QED) is 0.905. The first-order valence-corrected chi connectivity index (χ1v) is 8.38. The number of hydrogen-bond acceptors (Lipinski definition) is 3. The van der Waals surface area contributed by atoms with E-state index in [2.05, 4.69) is 35.0 Å². The molecule has 22 heavy (non-hydrogen) atoms. The number of rotatable bonds is 5. The highest BCUT2D eigenvalue weighted by Crippen LogP contribution is 2.26. The monoisotopic (exact) mass is 323 g/mol. The molecular weight excluding hydrogens is 298 g/mol. The van der Waals surface area contributed by atoms with Gasteiger partial charge in [0.25, 0.3) is 0 Å². The fraction of sp³-hybridized carbons (Fsp3) is 0.588. The van der Waals surface area contributed by atoms with Gasteiger partial charge in [0.15, 0.2) is 0 Å². The van der Waals surface area contributed by atoms with Crippen molar-refractivity contribution in [2.24, 2.45) is 5.92 Å². The average Bonchev–Trinajstić information content (AvgIpc) is 2.52. The van der Waals surface area contributed by atoms with Crippen molar-refractivity contribution in [1.82, 2.24) is 10.2 Å². The molecule has 4 nitrogen and oxygen atoms in total. The molecule has 1 saturated heterocycles. The Bertz CT molecular complexity index is 498. The van der Waals surface area contributed by atoms with Gasteiger partial charge in [-0.05, 0) is 25.0 Å². The summed E-state index contributed by atoms with van der Waals surface area (Å²) in [4.78, 5) is 16.7. The Hall–Kier alpha value is -1.26. The van der Waals surface area contributed by atoms with Crippen LogP contribution in [0.15, 0.2) is 24.3 Å². The third kappa shape index (κ3) is 4.37. The van der Waals surface area contributed by atoms with Crippen molar-refractivity contribution < 1.29 is 4.79 Å². The van der Waals surface area contributed by atoms with E-state index in [-0.39, 0.29) is 11.9 Å². The number of anilines is 1. The molecule has 1 unspecified atom stereocenters. The SMILES string of the molecule is CC(C)CNC(=O)C(C)N1CCN(c2ccccc2Cl)CC1. The molecule has 1 fully saturated rings. The van der Waals surface area contributed by atoms with E-state index in [4.69, 9.17) is 11.6 Å². The fourth-order valence-electron chi connectivity index (χ4n) is 2.68. The van der Waals surface area contributed by atoms with Crippen LogP contribution >= 0.6 is 11.6 Å². The Morgan fingerprint density at radius 3 is 2.41 bits per heavy atom. The summed E-state index contributed by atoms with van der Waals surface area (Å²) in [7, 11) is 0. The van der Waals surface area contributed by atoms with E-state index in [1.54, 1.807) is 0 Å². The summed E-state index contributed by atoms with van der Waals surface area (Å²) >= 11 is 6.26. The molecule has 0 aromatic heterocycles. The van der Waals surface area contributed by atoms with Gasteiger partial charge in [-0.15, -0.1) is 0 Å². The molecule has 1 atom stereocenters. The standard InChI is InChI=1S/C17H26ClN3O/c1-13(2)12-19-17(22)14(3)20-8-10-21(11-9-20)16-7-5-4-6-15(16)18/h4-7,13-14H,8-12H2,1-3H3,(H,19,22). The van der Waals surface area contributed by atoms with E-state index in [9.17, 15) is 4.79 Å². The van der Waals surface area contributed by atoms with Gasteiger partial charge in [-0.2, -0.15) is 0 Å². The van der Waals surface area contributed by atoms with Gasteiger partial charge < -0.3 is 10.2 Å². The minimum atomic E-state index is -0.0767. The molecular formula is C17H26ClN3O. The summed E-state index contributed by atoms with van der Waals surface area (Å²) in [5.74, 6) is 0.605. The topological polar surface area (TPSA) is 35.6 Å². The normalized spacial score (nSPS) is 17.6. The molecule has 0 aliphatic carbocycles. The molecule has 0 saturated carbocycles. The van der Waals surface area contributed by atoms with Crippen LogP contribution in [-0.4, -0.2) is 49.6 Å². The number of carbonyl (C=O) groups excluding carboxylic acids is 1. The first kappa shape index (κ1) is 17.1. The molecule has 1 amide bonds. The van der Waals surface area contributed by atoms with Crippen LogP contribution in [0.2, 0.25) is 5.02 Å². The molecule has 1 aromatic rings. The lowest BCUT2D eigenvalue weighted by Crippen LogP contribution is -2.54. The average molecular weight is 324 g/mol. The highest BCUT2D eigenvalue weighted by atomic mass is 35.5. The van der Waals surface area contributed by atoms with Crippen molar-refractivity contribution in [2.45, 2.75) is 26.8 Å². The maximum absolute atomic E-state index is 12.2. The Balaban J connectivity index is 1.86. The summed E-state index contributed by atoms with van der Waals surface area (Å²) in [6.45, 7) is 10.5. The van der Waals surface area contributed by atoms with Crippen LogP contribution in [0.3, 0.4) is 0 Å². The number of hydrogen-bond donors (Lipinski definition) is 1. The lowest BCUT2D eigenvalue weighted by Gasteiger charge is -2.38. The van der Waals surface area contributed by atoms with E-state index in [1.165, 1.54) is 0 Å². The summed E-state index contributed by atoms with van der Waals surface area (Å²) in [5.41, 5.74) is 1.08. The van der Waals surface area contributed by atoms with Crippen molar-refractivity contribution >= 4 is 23.2 Å².